The summed E-state index contributed by atoms with van der Waals surface area (Å²) in [7, 11) is 0. The predicted molar refractivity (Wildman–Crippen MR) is 58.4 cm³/mol. The Balaban J connectivity index is 2.32. The maximum atomic E-state index is 10.7. The molecule has 80 valence electrons. The van der Waals surface area contributed by atoms with Gasteiger partial charge in [0.15, 0.2) is 0 Å². The zero-order valence-electron chi connectivity index (χ0n) is 8.14. The zero-order valence-corrected chi connectivity index (χ0v) is 8.96. The second-order valence-electron chi connectivity index (χ2n) is 3.65. The largest absolute Gasteiger partial charge is 0.508 e. The van der Waals surface area contributed by atoms with Crippen LogP contribution in [-0.4, -0.2) is 21.9 Å². The number of rotatable bonds is 2. The van der Waals surface area contributed by atoms with Crippen molar-refractivity contribution in [1.29, 1.82) is 0 Å². The average molecular weight is 224 g/mol. The maximum Gasteiger partial charge on any atom is 0.303 e. The number of benzene rings is 1. The molecule has 0 fully saturated rings. The lowest BCUT2D eigenvalue weighted by atomic mass is 9.92. The Hall–Kier alpha value is -1.16. The van der Waals surface area contributed by atoms with Gasteiger partial charge in [0.2, 0.25) is 0 Å². The number of phenolic OH excluding ortho intramolecular Hbond substituents is 1. The van der Waals surface area contributed by atoms with Crippen molar-refractivity contribution in [3.05, 3.63) is 23.8 Å². The first-order valence-electron chi connectivity index (χ1n) is 4.84. The second-order valence-corrected chi connectivity index (χ2v) is 4.79. The molecular formula is C11H12O3S. The number of hydrogen-bond acceptors (Lipinski definition) is 3. The number of carboxylic acids is 1. The molecule has 0 radical (unpaired) electrons. The van der Waals surface area contributed by atoms with E-state index in [-0.39, 0.29) is 18.1 Å². The monoisotopic (exact) mass is 224 g/mol. The van der Waals surface area contributed by atoms with E-state index in [2.05, 4.69) is 0 Å². The van der Waals surface area contributed by atoms with Crippen LogP contribution >= 0.6 is 11.8 Å². The highest BCUT2D eigenvalue weighted by Gasteiger charge is 2.23. The van der Waals surface area contributed by atoms with Gasteiger partial charge in [-0.2, -0.15) is 0 Å². The molecule has 0 saturated heterocycles. The second kappa shape index (κ2) is 4.14. The SMILES string of the molecule is O=C(O)CC1CCSc2ccc(O)cc21. The number of phenols is 1. The van der Waals surface area contributed by atoms with Crippen LogP contribution in [0.25, 0.3) is 0 Å². The summed E-state index contributed by atoms with van der Waals surface area (Å²) in [6.45, 7) is 0. The molecule has 15 heavy (non-hydrogen) atoms. The highest BCUT2D eigenvalue weighted by atomic mass is 32.2. The van der Waals surface area contributed by atoms with Crippen molar-refractivity contribution < 1.29 is 15.0 Å². The van der Waals surface area contributed by atoms with Gasteiger partial charge in [-0.1, -0.05) is 0 Å². The Morgan fingerprint density at radius 2 is 2.33 bits per heavy atom. The molecule has 1 aromatic carbocycles. The van der Waals surface area contributed by atoms with E-state index in [1.807, 2.05) is 6.07 Å². The standard InChI is InChI=1S/C11H12O3S/c12-8-1-2-10-9(6-8)7(3-4-15-10)5-11(13)14/h1-2,6-7,12H,3-5H2,(H,13,14). The van der Waals surface area contributed by atoms with Gasteiger partial charge < -0.3 is 10.2 Å². The zero-order chi connectivity index (χ0) is 10.8. The smallest absolute Gasteiger partial charge is 0.303 e. The lowest BCUT2D eigenvalue weighted by Crippen LogP contribution is -2.11. The number of carboxylic acid groups (broad SMARTS) is 1. The lowest BCUT2D eigenvalue weighted by Gasteiger charge is -2.23. The first-order valence-corrected chi connectivity index (χ1v) is 5.83. The van der Waals surface area contributed by atoms with Crippen LogP contribution in [0.5, 0.6) is 5.75 Å². The van der Waals surface area contributed by atoms with E-state index in [0.29, 0.717) is 0 Å². The van der Waals surface area contributed by atoms with Gasteiger partial charge in [-0.25, -0.2) is 0 Å². The number of aliphatic carboxylic acids is 1. The van der Waals surface area contributed by atoms with Gasteiger partial charge >= 0.3 is 5.97 Å². The van der Waals surface area contributed by atoms with Crippen molar-refractivity contribution in [2.45, 2.75) is 23.7 Å². The van der Waals surface area contributed by atoms with Gasteiger partial charge in [-0.15, -0.1) is 11.8 Å². The van der Waals surface area contributed by atoms with E-state index in [1.54, 1.807) is 23.9 Å². The molecule has 1 aliphatic rings. The molecular weight excluding hydrogens is 212 g/mol. The van der Waals surface area contributed by atoms with Gasteiger partial charge in [-0.05, 0) is 41.9 Å². The number of fused-ring (bicyclic) bond motifs is 1. The van der Waals surface area contributed by atoms with Crippen molar-refractivity contribution in [2.24, 2.45) is 0 Å². The van der Waals surface area contributed by atoms with Gasteiger partial charge in [-0.3, -0.25) is 4.79 Å². The molecule has 1 aromatic rings. The van der Waals surface area contributed by atoms with Crippen molar-refractivity contribution in [3.8, 4) is 5.75 Å². The molecule has 1 aliphatic heterocycles. The molecule has 2 rings (SSSR count). The molecule has 0 saturated carbocycles. The Labute approximate surface area is 92.1 Å². The van der Waals surface area contributed by atoms with Crippen molar-refractivity contribution in [3.63, 3.8) is 0 Å². The van der Waals surface area contributed by atoms with E-state index in [1.165, 1.54) is 0 Å². The van der Waals surface area contributed by atoms with Gasteiger partial charge in [0, 0.05) is 4.90 Å². The van der Waals surface area contributed by atoms with Crippen LogP contribution in [0.15, 0.2) is 23.1 Å². The third-order valence-electron chi connectivity index (χ3n) is 2.58. The van der Waals surface area contributed by atoms with E-state index in [0.717, 1.165) is 22.6 Å². The average Bonchev–Trinajstić information content (AvgIpc) is 2.18. The van der Waals surface area contributed by atoms with Crippen LogP contribution in [0.3, 0.4) is 0 Å². The highest BCUT2D eigenvalue weighted by Crippen LogP contribution is 2.40. The Kier molecular flexibility index (Phi) is 2.86. The van der Waals surface area contributed by atoms with Crippen molar-refractivity contribution in [2.75, 3.05) is 5.75 Å². The molecule has 1 atom stereocenters. The topological polar surface area (TPSA) is 57.5 Å². The summed E-state index contributed by atoms with van der Waals surface area (Å²) in [4.78, 5) is 11.8. The molecule has 0 spiro atoms. The summed E-state index contributed by atoms with van der Waals surface area (Å²) in [5, 5.41) is 18.2. The molecule has 0 amide bonds. The van der Waals surface area contributed by atoms with Crippen molar-refractivity contribution >= 4 is 17.7 Å². The maximum absolute atomic E-state index is 10.7. The molecule has 1 heterocycles. The van der Waals surface area contributed by atoms with E-state index >= 15 is 0 Å². The number of thioether (sulfide) groups is 1. The van der Waals surface area contributed by atoms with Crippen LogP contribution < -0.4 is 0 Å². The molecule has 2 N–H and O–H groups in total. The van der Waals surface area contributed by atoms with Crippen molar-refractivity contribution in [1.82, 2.24) is 0 Å². The molecule has 3 nitrogen and oxygen atoms in total. The summed E-state index contributed by atoms with van der Waals surface area (Å²) < 4.78 is 0. The minimum atomic E-state index is -0.777. The lowest BCUT2D eigenvalue weighted by molar-refractivity contribution is -0.137. The van der Waals surface area contributed by atoms with E-state index in [4.69, 9.17) is 5.11 Å². The van der Waals surface area contributed by atoms with Crippen LogP contribution in [0.2, 0.25) is 0 Å². The van der Waals surface area contributed by atoms with Crippen LogP contribution in [0.4, 0.5) is 0 Å². The van der Waals surface area contributed by atoms with Crippen LogP contribution in [0, 0.1) is 0 Å². The quantitative estimate of drug-likeness (QED) is 0.810. The normalized spacial score (nSPS) is 19.6. The Morgan fingerprint density at radius 1 is 1.53 bits per heavy atom. The molecule has 4 heteroatoms. The minimum Gasteiger partial charge on any atom is -0.508 e. The summed E-state index contributed by atoms with van der Waals surface area (Å²) in [5.74, 6) is 0.439. The molecule has 0 bridgehead atoms. The van der Waals surface area contributed by atoms with Gasteiger partial charge in [0.05, 0.1) is 6.42 Å². The number of carbonyl (C=O) groups is 1. The number of aromatic hydroxyl groups is 1. The summed E-state index contributed by atoms with van der Waals surface area (Å²) in [5.41, 5.74) is 0.980. The van der Waals surface area contributed by atoms with Crippen LogP contribution in [0.1, 0.15) is 24.3 Å². The molecule has 1 unspecified atom stereocenters. The Bertz CT molecular complexity index is 389. The first kappa shape index (κ1) is 10.4. The number of hydrogen-bond donors (Lipinski definition) is 2. The van der Waals surface area contributed by atoms with E-state index < -0.39 is 5.97 Å². The van der Waals surface area contributed by atoms with Gasteiger partial charge in [0.1, 0.15) is 5.75 Å². The van der Waals surface area contributed by atoms with Crippen LogP contribution in [-0.2, 0) is 4.79 Å². The summed E-state index contributed by atoms with van der Waals surface area (Å²) in [6.07, 6.45) is 1.02. The fourth-order valence-corrected chi connectivity index (χ4v) is 3.05. The Morgan fingerprint density at radius 3 is 3.07 bits per heavy atom. The molecule has 0 aromatic heterocycles. The fourth-order valence-electron chi connectivity index (χ4n) is 1.88. The predicted octanol–water partition coefficient (Wildman–Crippen LogP) is 2.45. The fraction of sp³-hybridized carbons (Fsp3) is 0.364. The highest BCUT2D eigenvalue weighted by molar-refractivity contribution is 7.99. The van der Waals surface area contributed by atoms with Gasteiger partial charge in [0.25, 0.3) is 0 Å². The summed E-state index contributed by atoms with van der Waals surface area (Å²) >= 11 is 1.72. The summed E-state index contributed by atoms with van der Waals surface area (Å²) in [6, 6.07) is 5.20. The minimum absolute atomic E-state index is 0.0471. The third kappa shape index (κ3) is 2.26. The molecule has 0 aliphatic carbocycles. The van der Waals surface area contributed by atoms with E-state index in [9.17, 15) is 9.90 Å². The first-order chi connectivity index (χ1) is 7.16. The third-order valence-corrected chi connectivity index (χ3v) is 3.70.